The van der Waals surface area contributed by atoms with Gasteiger partial charge in [0, 0.05) is 5.56 Å². The van der Waals surface area contributed by atoms with Crippen LogP contribution in [0.4, 0.5) is 0 Å². The average Bonchev–Trinajstić information content (AvgIpc) is 2.70. The van der Waals surface area contributed by atoms with Crippen molar-refractivity contribution in [2.45, 2.75) is 17.8 Å². The molecule has 2 aromatic rings. The predicted octanol–water partition coefficient (Wildman–Crippen LogP) is 0.746. The molecule has 1 aromatic heterocycles. The lowest BCUT2D eigenvalue weighted by Crippen LogP contribution is -2.37. The summed E-state index contributed by atoms with van der Waals surface area (Å²) in [5.74, 6) is 0.403. The van der Waals surface area contributed by atoms with E-state index in [1.807, 2.05) is 30.3 Å². The highest BCUT2D eigenvalue weighted by Crippen LogP contribution is 2.37. The normalized spacial score (nSPS) is 21.9. The summed E-state index contributed by atoms with van der Waals surface area (Å²) in [5.41, 5.74) is -0.539. The number of rotatable bonds is 1. The Morgan fingerprint density at radius 1 is 1.39 bits per heavy atom. The van der Waals surface area contributed by atoms with E-state index in [0.717, 1.165) is 5.56 Å². The van der Waals surface area contributed by atoms with Crippen molar-refractivity contribution >= 4 is 11.8 Å². The lowest BCUT2D eigenvalue weighted by molar-refractivity contribution is 0.0116. The minimum absolute atomic E-state index is 0.288. The summed E-state index contributed by atoms with van der Waals surface area (Å²) in [6, 6.07) is 9.28. The number of thioether (sulfide) groups is 1. The van der Waals surface area contributed by atoms with E-state index in [-0.39, 0.29) is 11.3 Å². The van der Waals surface area contributed by atoms with Gasteiger partial charge >= 0.3 is 0 Å². The van der Waals surface area contributed by atoms with Crippen molar-refractivity contribution in [3.8, 4) is 0 Å². The number of hydrogen-bond donors (Lipinski definition) is 1. The maximum absolute atomic E-state index is 11.4. The second-order valence-electron chi connectivity index (χ2n) is 4.17. The lowest BCUT2D eigenvalue weighted by atomic mass is 10.1. The fourth-order valence-corrected chi connectivity index (χ4v) is 3.00. The summed E-state index contributed by atoms with van der Waals surface area (Å²) >= 11 is 1.33. The molecule has 0 fully saturated rings. The van der Waals surface area contributed by atoms with Gasteiger partial charge in [-0.05, 0) is 6.92 Å². The fourth-order valence-electron chi connectivity index (χ4n) is 1.92. The molecule has 1 aliphatic rings. The third-order valence-corrected chi connectivity index (χ3v) is 4.00. The molecule has 6 heteroatoms. The van der Waals surface area contributed by atoms with Crippen molar-refractivity contribution in [3.05, 3.63) is 51.9 Å². The van der Waals surface area contributed by atoms with Crippen LogP contribution in [0.15, 0.2) is 40.3 Å². The Morgan fingerprint density at radius 2 is 2.11 bits per heavy atom. The first-order valence-corrected chi connectivity index (χ1v) is 6.49. The molecule has 0 radical (unpaired) electrons. The molecule has 5 nitrogen and oxygen atoms in total. The Bertz CT molecular complexity index is 656. The molecule has 0 unspecified atom stereocenters. The number of hydrogen-bond acceptors (Lipinski definition) is 5. The Hall–Kier alpha value is -1.66. The van der Waals surface area contributed by atoms with Crippen LogP contribution in [0, 0.1) is 6.92 Å². The predicted molar refractivity (Wildman–Crippen MR) is 67.5 cm³/mol. The van der Waals surface area contributed by atoms with Gasteiger partial charge in [0.2, 0.25) is 0 Å². The summed E-state index contributed by atoms with van der Waals surface area (Å²) in [5, 5.41) is 15.4. The van der Waals surface area contributed by atoms with Gasteiger partial charge in [-0.3, -0.25) is 4.79 Å². The molecule has 1 aromatic carbocycles. The minimum Gasteiger partial charge on any atom is -0.365 e. The first-order chi connectivity index (χ1) is 8.61. The molecule has 18 heavy (non-hydrogen) atoms. The van der Waals surface area contributed by atoms with E-state index in [4.69, 9.17) is 0 Å². The van der Waals surface area contributed by atoms with Crippen LogP contribution in [0.3, 0.4) is 0 Å². The number of benzene rings is 1. The molecule has 2 heterocycles. The van der Waals surface area contributed by atoms with E-state index in [9.17, 15) is 9.90 Å². The zero-order valence-electron chi connectivity index (χ0n) is 9.70. The van der Waals surface area contributed by atoms with E-state index >= 15 is 0 Å². The number of fused-ring (bicyclic) bond motifs is 1. The van der Waals surface area contributed by atoms with Crippen LogP contribution in [0.25, 0.3) is 0 Å². The third kappa shape index (κ3) is 1.57. The molecule has 0 saturated carbocycles. The van der Waals surface area contributed by atoms with Crippen LogP contribution in [0.5, 0.6) is 0 Å². The van der Waals surface area contributed by atoms with E-state index in [0.29, 0.717) is 10.9 Å². The Labute approximate surface area is 107 Å². The molecule has 0 amide bonds. The van der Waals surface area contributed by atoms with Crippen LogP contribution in [0.1, 0.15) is 11.3 Å². The average molecular weight is 261 g/mol. The Balaban J connectivity index is 2.20. The van der Waals surface area contributed by atoms with Crippen molar-refractivity contribution in [2.24, 2.45) is 0 Å². The summed E-state index contributed by atoms with van der Waals surface area (Å²) in [7, 11) is 0. The van der Waals surface area contributed by atoms with Gasteiger partial charge in [-0.2, -0.15) is 10.1 Å². The van der Waals surface area contributed by atoms with Gasteiger partial charge in [0.25, 0.3) is 5.56 Å². The van der Waals surface area contributed by atoms with Gasteiger partial charge in [0.1, 0.15) is 5.69 Å². The number of aryl methyl sites for hydroxylation is 1. The standard InChI is InChI=1S/C12H11N3O2S/c1-8-10(16)13-11-15(14-8)12(17,7-18-11)9-5-3-2-4-6-9/h2-6,17H,7H2,1H3/t12-/m0/s1. The smallest absolute Gasteiger partial charge is 0.295 e. The zero-order valence-corrected chi connectivity index (χ0v) is 10.5. The maximum atomic E-state index is 11.4. The topological polar surface area (TPSA) is 68.0 Å². The van der Waals surface area contributed by atoms with Gasteiger partial charge in [-0.15, -0.1) is 0 Å². The monoisotopic (exact) mass is 261 g/mol. The highest BCUT2D eigenvalue weighted by atomic mass is 32.2. The molecular formula is C12H11N3O2S. The maximum Gasteiger partial charge on any atom is 0.295 e. The second kappa shape index (κ2) is 3.93. The fraction of sp³-hybridized carbons (Fsp3) is 0.250. The summed E-state index contributed by atoms with van der Waals surface area (Å²) in [6.45, 7) is 1.59. The quantitative estimate of drug-likeness (QED) is 0.820. The molecule has 0 bridgehead atoms. The molecule has 92 valence electrons. The van der Waals surface area contributed by atoms with E-state index in [2.05, 4.69) is 10.1 Å². The molecule has 0 spiro atoms. The molecule has 1 aliphatic heterocycles. The highest BCUT2D eigenvalue weighted by molar-refractivity contribution is 7.99. The molecule has 0 saturated heterocycles. The van der Waals surface area contributed by atoms with Crippen LogP contribution < -0.4 is 5.56 Å². The highest BCUT2D eigenvalue weighted by Gasteiger charge is 2.40. The molecular weight excluding hydrogens is 250 g/mol. The van der Waals surface area contributed by atoms with Crippen molar-refractivity contribution in [1.82, 2.24) is 14.8 Å². The summed E-state index contributed by atoms with van der Waals surface area (Å²) < 4.78 is 1.43. The Morgan fingerprint density at radius 3 is 2.83 bits per heavy atom. The van der Waals surface area contributed by atoms with Gasteiger partial charge < -0.3 is 5.11 Å². The first kappa shape index (κ1) is 11.4. The minimum atomic E-state index is -1.23. The van der Waals surface area contributed by atoms with E-state index in [1.165, 1.54) is 16.4 Å². The largest absolute Gasteiger partial charge is 0.365 e. The molecule has 1 N–H and O–H groups in total. The molecule has 1 atom stereocenters. The number of aliphatic hydroxyl groups is 1. The van der Waals surface area contributed by atoms with Crippen molar-refractivity contribution in [2.75, 3.05) is 5.75 Å². The van der Waals surface area contributed by atoms with Crippen LogP contribution in [-0.4, -0.2) is 25.6 Å². The van der Waals surface area contributed by atoms with Gasteiger partial charge in [-0.25, -0.2) is 4.68 Å². The van der Waals surface area contributed by atoms with E-state index < -0.39 is 5.72 Å². The first-order valence-electron chi connectivity index (χ1n) is 5.50. The molecule has 3 rings (SSSR count). The van der Waals surface area contributed by atoms with Crippen molar-refractivity contribution < 1.29 is 5.11 Å². The van der Waals surface area contributed by atoms with Crippen LogP contribution >= 0.6 is 11.8 Å². The lowest BCUT2D eigenvalue weighted by Gasteiger charge is -2.24. The second-order valence-corrected chi connectivity index (χ2v) is 5.11. The molecule has 0 aliphatic carbocycles. The van der Waals surface area contributed by atoms with Crippen molar-refractivity contribution in [1.29, 1.82) is 0 Å². The van der Waals surface area contributed by atoms with Gasteiger partial charge in [0.15, 0.2) is 10.9 Å². The van der Waals surface area contributed by atoms with Crippen molar-refractivity contribution in [3.63, 3.8) is 0 Å². The van der Waals surface area contributed by atoms with Gasteiger partial charge in [-0.1, -0.05) is 42.1 Å². The zero-order chi connectivity index (χ0) is 12.8. The van der Waals surface area contributed by atoms with Crippen LogP contribution in [-0.2, 0) is 5.72 Å². The van der Waals surface area contributed by atoms with E-state index in [1.54, 1.807) is 6.92 Å². The summed E-state index contributed by atoms with van der Waals surface area (Å²) in [6.07, 6.45) is 0. The number of nitrogens with zero attached hydrogens (tertiary/aromatic N) is 3. The summed E-state index contributed by atoms with van der Waals surface area (Å²) in [4.78, 5) is 15.4. The Kier molecular flexibility index (Phi) is 2.49. The number of aromatic nitrogens is 3. The SMILES string of the molecule is Cc1nn2c(nc1=O)SC[C@]2(O)c1ccccc1. The third-order valence-electron chi connectivity index (χ3n) is 2.93. The van der Waals surface area contributed by atoms with Crippen LogP contribution in [0.2, 0.25) is 0 Å². The van der Waals surface area contributed by atoms with Gasteiger partial charge in [0.05, 0.1) is 5.75 Å².